The van der Waals surface area contributed by atoms with Crippen molar-refractivity contribution in [2.45, 2.75) is 6.61 Å². The molecule has 1 aromatic heterocycles. The predicted octanol–water partition coefficient (Wildman–Crippen LogP) is 4.29. The highest BCUT2D eigenvalue weighted by molar-refractivity contribution is 6.12. The van der Waals surface area contributed by atoms with Gasteiger partial charge >= 0.3 is 0 Å². The van der Waals surface area contributed by atoms with Crippen molar-refractivity contribution >= 4 is 11.4 Å². The topological polar surface area (TPSA) is 86.5 Å². The number of nitrogens with zero attached hydrogens (tertiary/aromatic N) is 3. The maximum Gasteiger partial charge on any atom is 0.257 e. The minimum absolute atomic E-state index is 0.0745. The average Bonchev–Trinajstić information content (AvgIpc) is 3.22. The molecule has 6 heteroatoms. The first-order chi connectivity index (χ1) is 13.8. The summed E-state index contributed by atoms with van der Waals surface area (Å²) in [7, 11) is 0. The van der Waals surface area contributed by atoms with Gasteiger partial charge in [0.2, 0.25) is 5.89 Å². The smallest absolute Gasteiger partial charge is 0.257 e. The monoisotopic (exact) mass is 370 g/mol. The van der Waals surface area contributed by atoms with E-state index < -0.39 is 0 Å². The van der Waals surface area contributed by atoms with Gasteiger partial charge in [0.25, 0.3) is 5.89 Å². The summed E-state index contributed by atoms with van der Waals surface area (Å²) in [6, 6.07) is 26.9. The second-order valence-electron chi connectivity index (χ2n) is 6.07. The highest BCUT2D eigenvalue weighted by Crippen LogP contribution is 2.19. The zero-order valence-electron chi connectivity index (χ0n) is 15.0. The van der Waals surface area contributed by atoms with Gasteiger partial charge in [0, 0.05) is 22.4 Å². The molecular weight excluding hydrogens is 352 g/mol. The minimum Gasteiger partial charge on any atom is -0.417 e. The zero-order chi connectivity index (χ0) is 19.2. The van der Waals surface area contributed by atoms with Crippen LogP contribution in [0, 0.1) is 0 Å². The maximum atomic E-state index is 5.70. The third-order valence-electron chi connectivity index (χ3n) is 4.06. The van der Waals surface area contributed by atoms with Crippen LogP contribution in [0.3, 0.4) is 0 Å². The van der Waals surface area contributed by atoms with Gasteiger partial charge < -0.3 is 15.0 Å². The lowest BCUT2D eigenvalue weighted by Crippen LogP contribution is -2.04. The molecule has 0 spiro atoms. The first kappa shape index (κ1) is 17.5. The van der Waals surface area contributed by atoms with Gasteiger partial charge in [-0.3, -0.25) is 0 Å². The van der Waals surface area contributed by atoms with Gasteiger partial charge in [-0.15, -0.1) is 10.2 Å². The molecule has 3 aromatic carbocycles. The summed E-state index contributed by atoms with van der Waals surface area (Å²) >= 11 is 0. The van der Waals surface area contributed by atoms with E-state index in [1.807, 2.05) is 72.8 Å². The van der Waals surface area contributed by atoms with Crippen molar-refractivity contribution in [3.63, 3.8) is 0 Å². The Labute approximate surface area is 162 Å². The molecule has 0 unspecified atom stereocenters. The van der Waals surface area contributed by atoms with Gasteiger partial charge in [-0.1, -0.05) is 65.8 Å². The summed E-state index contributed by atoms with van der Waals surface area (Å²) < 4.78 is 5.65. The molecule has 0 atom stereocenters. The van der Waals surface area contributed by atoms with Crippen molar-refractivity contribution in [2.24, 2.45) is 5.16 Å². The number of nitrogens with two attached hydrogens (primary N) is 1. The van der Waals surface area contributed by atoms with Crippen LogP contribution in [0.2, 0.25) is 0 Å². The molecule has 0 radical (unpaired) electrons. The Kier molecular flexibility index (Phi) is 5.11. The van der Waals surface area contributed by atoms with Crippen molar-refractivity contribution in [3.05, 3.63) is 102 Å². The number of anilines is 1. The predicted molar refractivity (Wildman–Crippen MR) is 107 cm³/mol. The molecule has 2 N–H and O–H groups in total. The molecule has 0 saturated carbocycles. The van der Waals surface area contributed by atoms with Crippen LogP contribution < -0.4 is 5.73 Å². The second kappa shape index (κ2) is 8.18. The van der Waals surface area contributed by atoms with Gasteiger partial charge in [-0.05, 0) is 24.3 Å². The van der Waals surface area contributed by atoms with Crippen LogP contribution in [0.4, 0.5) is 5.69 Å². The van der Waals surface area contributed by atoms with Crippen LogP contribution in [-0.2, 0) is 11.4 Å². The Bertz CT molecular complexity index is 1020. The normalized spacial score (nSPS) is 10.4. The summed E-state index contributed by atoms with van der Waals surface area (Å²) in [5, 5.41) is 12.4. The van der Waals surface area contributed by atoms with Gasteiger partial charge in [0.1, 0.15) is 5.71 Å². The van der Waals surface area contributed by atoms with Crippen molar-refractivity contribution in [2.75, 3.05) is 5.73 Å². The summed E-state index contributed by atoms with van der Waals surface area (Å²) in [5.41, 5.74) is 9.83. The summed E-state index contributed by atoms with van der Waals surface area (Å²) in [6.07, 6.45) is 0. The quantitative estimate of drug-likeness (QED) is 0.311. The van der Waals surface area contributed by atoms with Crippen molar-refractivity contribution in [3.8, 4) is 11.5 Å². The average molecular weight is 370 g/mol. The maximum absolute atomic E-state index is 5.70. The lowest BCUT2D eigenvalue weighted by atomic mass is 10.0. The van der Waals surface area contributed by atoms with E-state index in [4.69, 9.17) is 15.0 Å². The highest BCUT2D eigenvalue weighted by Gasteiger charge is 2.10. The van der Waals surface area contributed by atoms with Crippen LogP contribution in [0.15, 0.2) is 94.5 Å². The molecule has 4 rings (SSSR count). The Hall–Kier alpha value is -3.93. The van der Waals surface area contributed by atoms with Gasteiger partial charge in [-0.25, -0.2) is 0 Å². The highest BCUT2D eigenvalue weighted by atomic mass is 16.6. The molecule has 6 nitrogen and oxygen atoms in total. The molecule has 0 aliphatic heterocycles. The number of aromatic nitrogens is 2. The second-order valence-corrected chi connectivity index (χ2v) is 6.07. The number of nitrogen functional groups attached to an aromatic ring is 1. The van der Waals surface area contributed by atoms with Gasteiger partial charge in [0.15, 0.2) is 6.61 Å². The minimum atomic E-state index is 0.0745. The number of oxime groups is 1. The van der Waals surface area contributed by atoms with E-state index in [-0.39, 0.29) is 6.61 Å². The third kappa shape index (κ3) is 4.07. The molecule has 0 bridgehead atoms. The van der Waals surface area contributed by atoms with E-state index in [0.29, 0.717) is 17.5 Å². The molecule has 138 valence electrons. The number of benzene rings is 3. The molecule has 0 aliphatic rings. The summed E-state index contributed by atoms with van der Waals surface area (Å²) in [6.45, 7) is 0.0745. The molecule has 0 saturated heterocycles. The number of hydrogen-bond donors (Lipinski definition) is 1. The Morgan fingerprint density at radius 1 is 0.821 bits per heavy atom. The van der Waals surface area contributed by atoms with E-state index in [0.717, 1.165) is 22.4 Å². The van der Waals surface area contributed by atoms with Crippen molar-refractivity contribution < 1.29 is 9.25 Å². The molecule has 28 heavy (non-hydrogen) atoms. The molecule has 0 amide bonds. The van der Waals surface area contributed by atoms with Crippen LogP contribution >= 0.6 is 0 Å². The Balaban J connectivity index is 1.51. The van der Waals surface area contributed by atoms with Crippen LogP contribution in [-0.4, -0.2) is 15.9 Å². The summed E-state index contributed by atoms with van der Waals surface area (Å²) in [4.78, 5) is 5.53. The fourth-order valence-electron chi connectivity index (χ4n) is 2.67. The first-order valence-corrected chi connectivity index (χ1v) is 8.79. The standard InChI is InChI=1S/C22H18N4O2/c23-19-13-11-18(12-14-19)22-25-24-20(28-22)15-27-26-21(16-7-3-1-4-8-16)17-9-5-2-6-10-17/h1-14H,15,23H2. The van der Waals surface area contributed by atoms with Crippen LogP contribution in [0.1, 0.15) is 17.0 Å². The fraction of sp³-hybridized carbons (Fsp3) is 0.0455. The van der Waals surface area contributed by atoms with Gasteiger partial charge in [-0.2, -0.15) is 0 Å². The third-order valence-corrected chi connectivity index (χ3v) is 4.06. The van der Waals surface area contributed by atoms with Crippen LogP contribution in [0.25, 0.3) is 11.5 Å². The molecule has 4 aromatic rings. The largest absolute Gasteiger partial charge is 0.417 e. The van der Waals surface area contributed by atoms with E-state index in [2.05, 4.69) is 15.4 Å². The van der Waals surface area contributed by atoms with Gasteiger partial charge in [0.05, 0.1) is 0 Å². The molecular formula is C22H18N4O2. The SMILES string of the molecule is Nc1ccc(-c2nnc(CON=C(c3ccccc3)c3ccccc3)o2)cc1. The molecule has 0 aliphatic carbocycles. The van der Waals surface area contributed by atoms with E-state index >= 15 is 0 Å². The van der Waals surface area contributed by atoms with E-state index in [1.165, 1.54) is 0 Å². The lowest BCUT2D eigenvalue weighted by molar-refractivity contribution is 0.111. The summed E-state index contributed by atoms with van der Waals surface area (Å²) in [5.74, 6) is 0.755. The lowest BCUT2D eigenvalue weighted by Gasteiger charge is -2.06. The molecule has 1 heterocycles. The van der Waals surface area contributed by atoms with E-state index in [9.17, 15) is 0 Å². The first-order valence-electron chi connectivity index (χ1n) is 8.79. The van der Waals surface area contributed by atoms with Crippen molar-refractivity contribution in [1.82, 2.24) is 10.2 Å². The Morgan fingerprint density at radius 2 is 1.43 bits per heavy atom. The van der Waals surface area contributed by atoms with Crippen LogP contribution in [0.5, 0.6) is 0 Å². The number of hydrogen-bond acceptors (Lipinski definition) is 6. The van der Waals surface area contributed by atoms with E-state index in [1.54, 1.807) is 12.1 Å². The van der Waals surface area contributed by atoms with Crippen molar-refractivity contribution in [1.29, 1.82) is 0 Å². The Morgan fingerprint density at radius 3 is 2.04 bits per heavy atom. The number of rotatable bonds is 6. The zero-order valence-corrected chi connectivity index (χ0v) is 15.0. The fourth-order valence-corrected chi connectivity index (χ4v) is 2.67. The molecule has 0 fully saturated rings.